The Kier molecular flexibility index (Phi) is 5.74. The Morgan fingerprint density at radius 1 is 1.22 bits per heavy atom. The summed E-state index contributed by atoms with van der Waals surface area (Å²) in [5.41, 5.74) is 2.85. The molecule has 0 bridgehead atoms. The molecule has 4 rings (SSSR count). The van der Waals surface area contributed by atoms with E-state index in [1.807, 2.05) is 32.9 Å². The van der Waals surface area contributed by atoms with Crippen molar-refractivity contribution in [2.45, 2.75) is 104 Å². The van der Waals surface area contributed by atoms with Crippen LogP contribution in [-0.2, 0) is 11.2 Å². The van der Waals surface area contributed by atoms with E-state index in [9.17, 15) is 10.2 Å². The van der Waals surface area contributed by atoms with Gasteiger partial charge in [-0.1, -0.05) is 31.9 Å². The van der Waals surface area contributed by atoms with E-state index in [0.29, 0.717) is 18.1 Å². The van der Waals surface area contributed by atoms with Crippen LogP contribution in [0.2, 0.25) is 0 Å². The average molecular weight is 443 g/mol. The van der Waals surface area contributed by atoms with Gasteiger partial charge < -0.3 is 19.7 Å². The number of allylic oxidation sites excluding steroid dienone is 2. The summed E-state index contributed by atoms with van der Waals surface area (Å²) in [5, 5.41) is 21.3. The standard InChI is InChI=1S/C28H42O4/c1-18(9-11-20-16-21(31-7)15-19(2)24(20)30)10-12-22-26(5)13-8-14-27(26,6)28(22)17-23(29)25(3,4)32-28/h9,15-16,22-23,29-30H,8,10-14,17H2,1-7H3/t22-,23-,26-,27-,28+/m0/s1. The third-order valence-corrected chi connectivity index (χ3v) is 9.73. The highest BCUT2D eigenvalue weighted by Gasteiger charge is 2.80. The molecule has 0 amide bonds. The number of fused-ring (bicyclic) bond motifs is 2. The normalized spacial score (nSPS) is 38.1. The number of ether oxygens (including phenoxy) is 2. The largest absolute Gasteiger partial charge is 0.507 e. The monoisotopic (exact) mass is 442 g/mol. The van der Waals surface area contributed by atoms with Crippen LogP contribution in [0.3, 0.4) is 0 Å². The van der Waals surface area contributed by atoms with Crippen molar-refractivity contribution in [3.8, 4) is 11.5 Å². The van der Waals surface area contributed by atoms with Crippen LogP contribution >= 0.6 is 0 Å². The van der Waals surface area contributed by atoms with E-state index < -0.39 is 11.7 Å². The van der Waals surface area contributed by atoms with Gasteiger partial charge in [-0.2, -0.15) is 0 Å². The predicted molar refractivity (Wildman–Crippen MR) is 128 cm³/mol. The zero-order valence-electron chi connectivity index (χ0n) is 21.0. The first-order valence-corrected chi connectivity index (χ1v) is 12.3. The van der Waals surface area contributed by atoms with Crippen LogP contribution in [0.1, 0.15) is 84.3 Å². The molecule has 2 saturated carbocycles. The molecular formula is C28H42O4. The number of aliphatic hydroxyl groups is 1. The molecule has 178 valence electrons. The molecule has 0 unspecified atom stereocenters. The minimum Gasteiger partial charge on any atom is -0.507 e. The van der Waals surface area contributed by atoms with Crippen molar-refractivity contribution in [1.29, 1.82) is 0 Å². The highest BCUT2D eigenvalue weighted by molar-refractivity contribution is 5.46. The molecule has 1 aromatic carbocycles. The molecule has 0 aromatic heterocycles. The summed E-state index contributed by atoms with van der Waals surface area (Å²) in [6.45, 7) is 13.1. The quantitative estimate of drug-likeness (QED) is 0.522. The lowest BCUT2D eigenvalue weighted by Gasteiger charge is -2.71. The van der Waals surface area contributed by atoms with E-state index in [4.69, 9.17) is 9.47 Å². The van der Waals surface area contributed by atoms with Gasteiger partial charge in [-0.15, -0.1) is 0 Å². The molecule has 32 heavy (non-hydrogen) atoms. The smallest absolute Gasteiger partial charge is 0.122 e. The van der Waals surface area contributed by atoms with Crippen LogP contribution in [0, 0.1) is 23.7 Å². The summed E-state index contributed by atoms with van der Waals surface area (Å²) in [4.78, 5) is 0. The molecule has 4 nitrogen and oxygen atoms in total. The summed E-state index contributed by atoms with van der Waals surface area (Å²) in [7, 11) is 1.66. The maximum atomic E-state index is 10.8. The molecule has 1 aliphatic heterocycles. The second-order valence-electron chi connectivity index (χ2n) is 11.7. The number of phenols is 1. The van der Waals surface area contributed by atoms with Crippen LogP contribution in [-0.4, -0.2) is 34.6 Å². The Balaban J connectivity index is 1.50. The Hall–Kier alpha value is -1.52. The number of rotatable bonds is 6. The van der Waals surface area contributed by atoms with Crippen molar-refractivity contribution in [3.63, 3.8) is 0 Å². The first kappa shape index (κ1) is 23.6. The molecule has 1 spiro atoms. The maximum absolute atomic E-state index is 10.8. The van der Waals surface area contributed by atoms with Gasteiger partial charge in [0.25, 0.3) is 0 Å². The topological polar surface area (TPSA) is 58.9 Å². The molecule has 3 aliphatic rings. The van der Waals surface area contributed by atoms with E-state index in [-0.39, 0.29) is 16.4 Å². The van der Waals surface area contributed by atoms with Crippen LogP contribution in [0.4, 0.5) is 0 Å². The number of aliphatic hydroxyl groups excluding tert-OH is 1. The fourth-order valence-corrected chi connectivity index (χ4v) is 7.51. The van der Waals surface area contributed by atoms with Crippen LogP contribution in [0.25, 0.3) is 0 Å². The van der Waals surface area contributed by atoms with Crippen LogP contribution in [0.15, 0.2) is 23.8 Å². The van der Waals surface area contributed by atoms with Crippen molar-refractivity contribution in [2.24, 2.45) is 16.7 Å². The second kappa shape index (κ2) is 7.77. The van der Waals surface area contributed by atoms with Crippen molar-refractivity contribution in [3.05, 3.63) is 34.9 Å². The van der Waals surface area contributed by atoms with Gasteiger partial charge in [0.1, 0.15) is 11.5 Å². The van der Waals surface area contributed by atoms with Crippen molar-refractivity contribution in [2.75, 3.05) is 7.11 Å². The number of phenolic OH excluding ortho intramolecular Hbond substituents is 1. The van der Waals surface area contributed by atoms with Gasteiger partial charge >= 0.3 is 0 Å². The lowest BCUT2D eigenvalue weighted by molar-refractivity contribution is -0.317. The molecule has 1 saturated heterocycles. The minimum absolute atomic E-state index is 0.154. The highest BCUT2D eigenvalue weighted by Crippen LogP contribution is 2.79. The van der Waals surface area contributed by atoms with Crippen LogP contribution < -0.4 is 4.74 Å². The third-order valence-electron chi connectivity index (χ3n) is 9.73. The van der Waals surface area contributed by atoms with Gasteiger partial charge in [-0.3, -0.25) is 0 Å². The van der Waals surface area contributed by atoms with E-state index in [2.05, 4.69) is 26.8 Å². The van der Waals surface area contributed by atoms with Gasteiger partial charge in [-0.05, 0) is 88.8 Å². The first-order chi connectivity index (χ1) is 14.9. The predicted octanol–water partition coefficient (Wildman–Crippen LogP) is 6.10. The van der Waals surface area contributed by atoms with E-state index >= 15 is 0 Å². The summed E-state index contributed by atoms with van der Waals surface area (Å²) in [5.74, 6) is 1.61. The highest BCUT2D eigenvalue weighted by atomic mass is 16.6. The van der Waals surface area contributed by atoms with Crippen molar-refractivity contribution in [1.82, 2.24) is 0 Å². The summed E-state index contributed by atoms with van der Waals surface area (Å²) in [6, 6.07) is 3.79. The number of aryl methyl sites for hydroxylation is 1. The van der Waals surface area contributed by atoms with E-state index in [0.717, 1.165) is 36.1 Å². The Labute approximate surface area is 194 Å². The van der Waals surface area contributed by atoms with Gasteiger partial charge in [0.2, 0.25) is 0 Å². The first-order valence-electron chi connectivity index (χ1n) is 12.3. The summed E-state index contributed by atoms with van der Waals surface area (Å²) < 4.78 is 12.2. The van der Waals surface area contributed by atoms with Crippen LogP contribution in [0.5, 0.6) is 11.5 Å². The zero-order valence-corrected chi connectivity index (χ0v) is 21.0. The number of hydrogen-bond acceptors (Lipinski definition) is 4. The van der Waals surface area contributed by atoms with Gasteiger partial charge in [0.05, 0.1) is 24.4 Å². The second-order valence-corrected chi connectivity index (χ2v) is 11.7. The Morgan fingerprint density at radius 2 is 1.94 bits per heavy atom. The Morgan fingerprint density at radius 3 is 2.56 bits per heavy atom. The molecule has 1 aromatic rings. The number of aromatic hydroxyl groups is 1. The molecule has 3 fully saturated rings. The number of methoxy groups -OCH3 is 1. The minimum atomic E-state index is -0.474. The van der Waals surface area contributed by atoms with Crippen molar-refractivity contribution < 1.29 is 19.7 Å². The van der Waals surface area contributed by atoms with E-state index in [1.54, 1.807) is 7.11 Å². The SMILES string of the molecule is COc1cc(C)c(O)c(CC=C(C)CC[C@H]2[C@]3(C)CCC[C@]3(C)[C@@]23C[C@H](O)C(C)(C)O3)c1. The molecule has 1 heterocycles. The zero-order chi connectivity index (χ0) is 23.5. The molecule has 5 atom stereocenters. The van der Waals surface area contributed by atoms with Crippen molar-refractivity contribution >= 4 is 0 Å². The van der Waals surface area contributed by atoms with E-state index in [1.165, 1.54) is 24.8 Å². The third kappa shape index (κ3) is 3.24. The van der Waals surface area contributed by atoms with Gasteiger partial charge in [-0.25, -0.2) is 0 Å². The molecule has 2 N–H and O–H groups in total. The Bertz CT molecular complexity index is 918. The molecule has 0 radical (unpaired) electrons. The molecular weight excluding hydrogens is 400 g/mol. The number of benzene rings is 1. The van der Waals surface area contributed by atoms with Gasteiger partial charge in [0, 0.05) is 17.4 Å². The number of hydrogen-bond donors (Lipinski definition) is 2. The average Bonchev–Trinajstić information content (AvgIpc) is 3.15. The summed E-state index contributed by atoms with van der Waals surface area (Å²) >= 11 is 0. The lowest BCUT2D eigenvalue weighted by atomic mass is 9.36. The molecule has 2 aliphatic carbocycles. The fourth-order valence-electron chi connectivity index (χ4n) is 7.51. The lowest BCUT2D eigenvalue weighted by Crippen LogP contribution is -2.73. The summed E-state index contributed by atoms with van der Waals surface area (Å²) in [6.07, 6.45) is 9.11. The maximum Gasteiger partial charge on any atom is 0.122 e. The van der Waals surface area contributed by atoms with Gasteiger partial charge in [0.15, 0.2) is 0 Å². The fraction of sp³-hybridized carbons (Fsp3) is 0.714. The molecule has 4 heteroatoms.